The minimum absolute atomic E-state index is 0.128. The van der Waals surface area contributed by atoms with Crippen LogP contribution in [0.2, 0.25) is 0 Å². The topological polar surface area (TPSA) is 89.6 Å². The molecular weight excluding hydrogens is 555 g/mol. The minimum Gasteiger partial charge on any atom is -0.493 e. The fourth-order valence-electron chi connectivity index (χ4n) is 4.31. The van der Waals surface area contributed by atoms with Gasteiger partial charge in [-0.05, 0) is 65.7 Å². The van der Waals surface area contributed by atoms with Crippen molar-refractivity contribution in [2.45, 2.75) is 23.5 Å². The number of anilines is 2. The largest absolute Gasteiger partial charge is 0.493 e. The van der Waals surface area contributed by atoms with Crippen molar-refractivity contribution in [1.82, 2.24) is 4.98 Å². The fourth-order valence-corrected chi connectivity index (χ4v) is 6.05. The summed E-state index contributed by atoms with van der Waals surface area (Å²) in [6.07, 6.45) is 0.623. The number of thioether (sulfide) groups is 1. The Morgan fingerprint density at radius 3 is 2.46 bits per heavy atom. The summed E-state index contributed by atoms with van der Waals surface area (Å²) in [6.45, 7) is 1.97. The first kappa shape index (κ1) is 28.2. The van der Waals surface area contributed by atoms with Crippen LogP contribution in [0.1, 0.15) is 23.7 Å². The van der Waals surface area contributed by atoms with E-state index in [4.69, 9.17) is 9.47 Å². The molecular formula is C32H29N3O4S2. The summed E-state index contributed by atoms with van der Waals surface area (Å²) in [7, 11) is 3.18. The second-order valence-electron chi connectivity index (χ2n) is 9.16. The Labute approximate surface area is 246 Å². The molecule has 0 radical (unpaired) electrons. The van der Waals surface area contributed by atoms with E-state index < -0.39 is 0 Å². The highest BCUT2D eigenvalue weighted by Crippen LogP contribution is 2.34. The van der Waals surface area contributed by atoms with Gasteiger partial charge in [0.05, 0.1) is 25.2 Å². The van der Waals surface area contributed by atoms with Crippen LogP contribution < -0.4 is 20.1 Å². The van der Waals surface area contributed by atoms with Crippen LogP contribution in [0.5, 0.6) is 11.5 Å². The molecule has 5 aromatic rings. The number of hydrogen-bond acceptors (Lipinski definition) is 7. The lowest BCUT2D eigenvalue weighted by molar-refractivity contribution is -0.115. The zero-order valence-electron chi connectivity index (χ0n) is 22.8. The highest BCUT2D eigenvalue weighted by atomic mass is 32.2. The van der Waals surface area contributed by atoms with Crippen LogP contribution in [0.3, 0.4) is 0 Å². The van der Waals surface area contributed by atoms with Crippen molar-refractivity contribution in [1.29, 1.82) is 0 Å². The predicted molar refractivity (Wildman–Crippen MR) is 168 cm³/mol. The third-order valence-corrected chi connectivity index (χ3v) is 8.57. The molecule has 0 bridgehead atoms. The SMILES string of the molecule is CCC(Sc1cccc(NC(=O)c2ccc3ccccc3c2)c1)C(=O)Nc1nc(-c2ccc(OC)c(OC)c2)cs1. The summed E-state index contributed by atoms with van der Waals surface area (Å²) in [6, 6.07) is 26.7. The van der Waals surface area contributed by atoms with Gasteiger partial charge in [0.1, 0.15) is 0 Å². The minimum atomic E-state index is -0.338. The Balaban J connectivity index is 1.23. The van der Waals surface area contributed by atoms with Crippen LogP contribution in [0.4, 0.5) is 10.8 Å². The molecule has 1 unspecified atom stereocenters. The number of aromatic nitrogens is 1. The molecule has 4 aromatic carbocycles. The van der Waals surface area contributed by atoms with E-state index in [2.05, 4.69) is 15.6 Å². The first-order valence-corrected chi connectivity index (χ1v) is 14.8. The number of carbonyl (C=O) groups excluding carboxylic acids is 2. The van der Waals surface area contributed by atoms with Crippen molar-refractivity contribution < 1.29 is 19.1 Å². The van der Waals surface area contributed by atoms with Crippen LogP contribution >= 0.6 is 23.1 Å². The molecule has 7 nitrogen and oxygen atoms in total. The molecule has 1 aromatic heterocycles. The molecule has 0 aliphatic rings. The fraction of sp³-hybridized carbons (Fsp3) is 0.156. The lowest BCUT2D eigenvalue weighted by Crippen LogP contribution is -2.24. The Bertz CT molecular complexity index is 1700. The molecule has 1 heterocycles. The number of amides is 2. The highest BCUT2D eigenvalue weighted by molar-refractivity contribution is 8.00. The molecule has 5 rings (SSSR count). The van der Waals surface area contributed by atoms with Gasteiger partial charge in [-0.1, -0.05) is 43.3 Å². The summed E-state index contributed by atoms with van der Waals surface area (Å²) in [4.78, 5) is 31.6. The molecule has 41 heavy (non-hydrogen) atoms. The van der Waals surface area contributed by atoms with E-state index in [1.54, 1.807) is 14.2 Å². The van der Waals surface area contributed by atoms with E-state index in [1.807, 2.05) is 97.2 Å². The number of hydrogen-bond donors (Lipinski definition) is 2. The quantitative estimate of drug-likeness (QED) is 0.164. The molecule has 1 atom stereocenters. The van der Waals surface area contributed by atoms with Gasteiger partial charge in [0, 0.05) is 27.1 Å². The number of rotatable bonds is 10. The van der Waals surface area contributed by atoms with E-state index in [-0.39, 0.29) is 17.1 Å². The molecule has 0 saturated heterocycles. The first-order valence-electron chi connectivity index (χ1n) is 13.0. The van der Waals surface area contributed by atoms with Gasteiger partial charge in [-0.2, -0.15) is 0 Å². The summed E-state index contributed by atoms with van der Waals surface area (Å²) >= 11 is 2.82. The van der Waals surface area contributed by atoms with Crippen LogP contribution in [0.25, 0.3) is 22.0 Å². The van der Waals surface area contributed by atoms with Gasteiger partial charge in [-0.3, -0.25) is 9.59 Å². The maximum atomic E-state index is 13.2. The molecule has 0 aliphatic heterocycles. The average Bonchev–Trinajstić information content (AvgIpc) is 3.47. The number of nitrogens with zero attached hydrogens (tertiary/aromatic N) is 1. The van der Waals surface area contributed by atoms with Gasteiger partial charge in [0.2, 0.25) is 5.91 Å². The molecule has 0 saturated carbocycles. The second kappa shape index (κ2) is 12.9. The summed E-state index contributed by atoms with van der Waals surface area (Å²) in [5, 5.41) is 10.1. The van der Waals surface area contributed by atoms with Crippen molar-refractivity contribution in [2.24, 2.45) is 0 Å². The number of fused-ring (bicyclic) bond motifs is 1. The molecule has 0 aliphatic carbocycles. The van der Waals surface area contributed by atoms with Crippen molar-refractivity contribution in [2.75, 3.05) is 24.9 Å². The highest BCUT2D eigenvalue weighted by Gasteiger charge is 2.20. The number of nitrogens with one attached hydrogen (secondary N) is 2. The first-order chi connectivity index (χ1) is 20.0. The Morgan fingerprint density at radius 2 is 1.68 bits per heavy atom. The Morgan fingerprint density at radius 1 is 0.878 bits per heavy atom. The number of thiazole rings is 1. The molecule has 208 valence electrons. The standard InChI is InChI=1S/C32H29N3O4S2/c1-4-29(31(37)35-32-34-26(19-40-32)22-14-15-27(38-2)28(17-22)39-3)41-25-11-7-10-24(18-25)33-30(36)23-13-12-20-8-5-6-9-21(20)16-23/h5-19,29H,4H2,1-3H3,(H,33,36)(H,34,35,37). The number of benzene rings is 4. The van der Waals surface area contributed by atoms with Gasteiger partial charge in [-0.15, -0.1) is 23.1 Å². The smallest absolute Gasteiger partial charge is 0.255 e. The van der Waals surface area contributed by atoms with Gasteiger partial charge < -0.3 is 20.1 Å². The maximum Gasteiger partial charge on any atom is 0.255 e. The van der Waals surface area contributed by atoms with E-state index in [1.165, 1.54) is 23.1 Å². The number of carbonyl (C=O) groups is 2. The monoisotopic (exact) mass is 583 g/mol. The molecule has 2 N–H and O–H groups in total. The molecule has 9 heteroatoms. The van der Waals surface area contributed by atoms with Crippen molar-refractivity contribution in [3.63, 3.8) is 0 Å². The number of methoxy groups -OCH3 is 2. The van der Waals surface area contributed by atoms with Crippen molar-refractivity contribution >= 4 is 56.5 Å². The molecule has 0 fully saturated rings. The normalized spacial score (nSPS) is 11.6. The van der Waals surface area contributed by atoms with Crippen molar-refractivity contribution in [3.05, 3.63) is 95.9 Å². The van der Waals surface area contributed by atoms with Crippen LogP contribution in [-0.2, 0) is 4.79 Å². The zero-order valence-corrected chi connectivity index (χ0v) is 24.5. The van der Waals surface area contributed by atoms with Gasteiger partial charge in [-0.25, -0.2) is 4.98 Å². The van der Waals surface area contributed by atoms with Crippen LogP contribution in [0.15, 0.2) is 95.2 Å². The Hall–Kier alpha value is -4.34. The van der Waals surface area contributed by atoms with Gasteiger partial charge in [0.25, 0.3) is 5.91 Å². The van der Waals surface area contributed by atoms with E-state index in [0.29, 0.717) is 34.3 Å². The van der Waals surface area contributed by atoms with E-state index >= 15 is 0 Å². The summed E-state index contributed by atoms with van der Waals surface area (Å²) in [5.74, 6) is 0.940. The second-order valence-corrected chi connectivity index (χ2v) is 11.3. The lowest BCUT2D eigenvalue weighted by atomic mass is 10.1. The predicted octanol–water partition coefficient (Wildman–Crippen LogP) is 7.74. The summed E-state index contributed by atoms with van der Waals surface area (Å²) in [5.41, 5.74) is 2.86. The Kier molecular flexibility index (Phi) is 8.86. The lowest BCUT2D eigenvalue weighted by Gasteiger charge is -2.14. The average molecular weight is 584 g/mol. The molecule has 2 amide bonds. The van der Waals surface area contributed by atoms with Crippen molar-refractivity contribution in [3.8, 4) is 22.8 Å². The number of ether oxygens (including phenoxy) is 2. The third kappa shape index (κ3) is 6.70. The van der Waals surface area contributed by atoms with Gasteiger partial charge >= 0.3 is 0 Å². The van der Waals surface area contributed by atoms with Gasteiger partial charge in [0.15, 0.2) is 16.6 Å². The third-order valence-electron chi connectivity index (χ3n) is 6.46. The molecule has 0 spiro atoms. The van der Waals surface area contributed by atoms with E-state index in [0.717, 1.165) is 26.9 Å². The summed E-state index contributed by atoms with van der Waals surface area (Å²) < 4.78 is 10.7. The van der Waals surface area contributed by atoms with Crippen LogP contribution in [-0.4, -0.2) is 36.3 Å². The zero-order chi connectivity index (χ0) is 28.8. The van der Waals surface area contributed by atoms with E-state index in [9.17, 15) is 9.59 Å². The van der Waals surface area contributed by atoms with Crippen LogP contribution in [0, 0.1) is 0 Å². The maximum absolute atomic E-state index is 13.2.